The molecule has 0 saturated heterocycles. The Labute approximate surface area is 185 Å². The highest BCUT2D eigenvalue weighted by Gasteiger charge is 2.14. The molecule has 0 radical (unpaired) electrons. The largest absolute Gasteiger partial charge is 0.496 e. The molecule has 0 spiro atoms. The predicted molar refractivity (Wildman–Crippen MR) is 123 cm³/mol. The summed E-state index contributed by atoms with van der Waals surface area (Å²) in [6.45, 7) is 0. The Morgan fingerprint density at radius 2 is 1.03 bits per heavy atom. The maximum absolute atomic E-state index is 5.46. The van der Waals surface area contributed by atoms with Gasteiger partial charge in [0.05, 0.1) is 48.4 Å². The molecule has 158 valence electrons. The van der Waals surface area contributed by atoms with Crippen LogP contribution in [0.4, 0.5) is 0 Å². The average molecular weight is 423 g/mol. The number of benzene rings is 2. The lowest BCUT2D eigenvalue weighted by Gasteiger charge is -2.04. The molecular weight excluding hydrogens is 402 g/mol. The van der Waals surface area contributed by atoms with E-state index >= 15 is 0 Å². The Morgan fingerprint density at radius 1 is 0.562 bits per heavy atom. The maximum atomic E-state index is 5.46. The Hall–Kier alpha value is -4.39. The number of nitrogens with zero attached hydrogens (tertiary/aromatic N) is 3. The molecule has 5 rings (SSSR count). The maximum Gasteiger partial charge on any atom is 0.128 e. The molecule has 0 bridgehead atoms. The van der Waals surface area contributed by atoms with Crippen LogP contribution in [0.5, 0.6) is 11.5 Å². The van der Waals surface area contributed by atoms with Gasteiger partial charge in [-0.15, -0.1) is 0 Å². The Bertz CT molecular complexity index is 1270. The van der Waals surface area contributed by atoms with E-state index in [1.165, 1.54) is 0 Å². The highest BCUT2D eigenvalue weighted by molar-refractivity contribution is 5.74. The highest BCUT2D eigenvalue weighted by Crippen LogP contribution is 2.32. The van der Waals surface area contributed by atoms with Crippen LogP contribution in [0.3, 0.4) is 0 Å². The second-order valence-corrected chi connectivity index (χ2v) is 7.14. The topological polar surface area (TPSA) is 88.7 Å². The summed E-state index contributed by atoms with van der Waals surface area (Å²) in [5.74, 6) is 1.54. The van der Waals surface area contributed by atoms with Crippen LogP contribution in [-0.4, -0.2) is 39.6 Å². The highest BCUT2D eigenvalue weighted by atomic mass is 16.5. The molecule has 0 atom stereocenters. The summed E-state index contributed by atoms with van der Waals surface area (Å²) < 4.78 is 10.9. The third-order valence-electron chi connectivity index (χ3n) is 5.22. The van der Waals surface area contributed by atoms with Gasteiger partial charge in [0.1, 0.15) is 11.5 Å². The van der Waals surface area contributed by atoms with Crippen LogP contribution in [0, 0.1) is 0 Å². The minimum absolute atomic E-state index is 0.772. The third-order valence-corrected chi connectivity index (χ3v) is 5.22. The van der Waals surface area contributed by atoms with E-state index in [-0.39, 0.29) is 0 Å². The van der Waals surface area contributed by atoms with Crippen LogP contribution < -0.4 is 9.47 Å². The van der Waals surface area contributed by atoms with Crippen LogP contribution in [0.25, 0.3) is 45.3 Å². The van der Waals surface area contributed by atoms with Crippen LogP contribution in [0.2, 0.25) is 0 Å². The molecule has 3 heterocycles. The second-order valence-electron chi connectivity index (χ2n) is 7.14. The van der Waals surface area contributed by atoms with E-state index in [2.05, 4.69) is 20.4 Å². The van der Waals surface area contributed by atoms with E-state index in [1.54, 1.807) is 14.2 Å². The molecule has 7 heteroatoms. The number of ether oxygens (including phenoxy) is 2. The first-order chi connectivity index (χ1) is 15.8. The quantitative estimate of drug-likeness (QED) is 0.391. The summed E-state index contributed by atoms with van der Waals surface area (Å²) in [4.78, 5) is 4.81. The van der Waals surface area contributed by atoms with Crippen LogP contribution in [-0.2, 0) is 0 Å². The van der Waals surface area contributed by atoms with Crippen molar-refractivity contribution in [2.24, 2.45) is 0 Å². The zero-order chi connectivity index (χ0) is 21.9. The first-order valence-electron chi connectivity index (χ1n) is 10.1. The monoisotopic (exact) mass is 423 g/mol. The number of pyridine rings is 1. The van der Waals surface area contributed by atoms with Gasteiger partial charge in [0.15, 0.2) is 0 Å². The predicted octanol–water partition coefficient (Wildman–Crippen LogP) is 5.21. The molecule has 0 saturated carbocycles. The van der Waals surface area contributed by atoms with Gasteiger partial charge in [-0.05, 0) is 48.5 Å². The molecule has 32 heavy (non-hydrogen) atoms. The fraction of sp³-hybridized carbons (Fsp3) is 0.0800. The number of H-pyrrole nitrogens is 2. The molecule has 5 aromatic rings. The normalized spacial score (nSPS) is 10.8. The molecule has 0 amide bonds. The van der Waals surface area contributed by atoms with Crippen molar-refractivity contribution in [3.8, 4) is 56.8 Å². The fourth-order valence-electron chi connectivity index (χ4n) is 3.63. The van der Waals surface area contributed by atoms with Crippen molar-refractivity contribution in [1.82, 2.24) is 25.4 Å². The van der Waals surface area contributed by atoms with Gasteiger partial charge in [-0.1, -0.05) is 30.3 Å². The van der Waals surface area contributed by atoms with Crippen molar-refractivity contribution < 1.29 is 9.47 Å². The number of nitrogens with one attached hydrogen (secondary N) is 2. The Morgan fingerprint density at radius 3 is 1.50 bits per heavy atom. The summed E-state index contributed by atoms with van der Waals surface area (Å²) in [5.41, 5.74) is 6.63. The van der Waals surface area contributed by atoms with Crippen LogP contribution in [0.15, 0.2) is 78.9 Å². The number of aromatic nitrogens is 5. The molecule has 7 nitrogen and oxygen atoms in total. The Balaban J connectivity index is 1.47. The van der Waals surface area contributed by atoms with Crippen molar-refractivity contribution >= 4 is 0 Å². The summed E-state index contributed by atoms with van der Waals surface area (Å²) >= 11 is 0. The second kappa shape index (κ2) is 8.39. The van der Waals surface area contributed by atoms with Crippen molar-refractivity contribution in [2.45, 2.75) is 0 Å². The number of hydrogen-bond acceptors (Lipinski definition) is 5. The van der Waals surface area contributed by atoms with Gasteiger partial charge in [-0.2, -0.15) is 10.2 Å². The summed E-state index contributed by atoms with van der Waals surface area (Å²) in [6, 6.07) is 25.4. The van der Waals surface area contributed by atoms with Crippen molar-refractivity contribution in [3.05, 3.63) is 78.9 Å². The molecular formula is C25H21N5O2. The van der Waals surface area contributed by atoms with Gasteiger partial charge in [-0.25, -0.2) is 4.98 Å². The van der Waals surface area contributed by atoms with Crippen molar-refractivity contribution in [2.75, 3.05) is 14.2 Å². The van der Waals surface area contributed by atoms with Crippen molar-refractivity contribution in [3.63, 3.8) is 0 Å². The molecule has 2 aromatic carbocycles. The Kier molecular flexibility index (Phi) is 5.13. The van der Waals surface area contributed by atoms with E-state index in [4.69, 9.17) is 14.5 Å². The molecule has 3 aromatic heterocycles. The smallest absolute Gasteiger partial charge is 0.128 e. The molecule has 0 unspecified atom stereocenters. The van der Waals surface area contributed by atoms with Crippen LogP contribution in [0.1, 0.15) is 0 Å². The number of para-hydroxylation sites is 2. The summed E-state index contributed by atoms with van der Waals surface area (Å²) in [7, 11) is 3.31. The molecule has 0 aliphatic rings. The lowest BCUT2D eigenvalue weighted by Crippen LogP contribution is -1.88. The number of aromatic amines is 2. The minimum atomic E-state index is 0.772. The summed E-state index contributed by atoms with van der Waals surface area (Å²) in [6.07, 6.45) is 0. The molecule has 0 aliphatic carbocycles. The van der Waals surface area contributed by atoms with E-state index < -0.39 is 0 Å². The lowest BCUT2D eigenvalue weighted by atomic mass is 10.1. The first-order valence-corrected chi connectivity index (χ1v) is 10.1. The van der Waals surface area contributed by atoms with Gasteiger partial charge >= 0.3 is 0 Å². The standard InChI is InChI=1S/C25H21N5O2/c1-31-24-12-5-3-8-16(24)20-14-22(29-27-20)18-10-7-11-19(26-18)23-15-21(28-30-23)17-9-4-6-13-25(17)32-2/h3-15H,1-2H3,(H,27,29)(H,28,30). The zero-order valence-electron chi connectivity index (χ0n) is 17.7. The van der Waals surface area contributed by atoms with E-state index in [9.17, 15) is 0 Å². The van der Waals surface area contributed by atoms with Gasteiger partial charge in [-0.3, -0.25) is 10.2 Å². The minimum Gasteiger partial charge on any atom is -0.496 e. The molecule has 0 aliphatic heterocycles. The zero-order valence-corrected chi connectivity index (χ0v) is 17.7. The van der Waals surface area contributed by atoms with Gasteiger partial charge in [0.2, 0.25) is 0 Å². The van der Waals surface area contributed by atoms with Gasteiger partial charge < -0.3 is 9.47 Å². The average Bonchev–Trinajstić information content (AvgIpc) is 3.54. The van der Waals surface area contributed by atoms with Gasteiger partial charge in [0, 0.05) is 11.1 Å². The van der Waals surface area contributed by atoms with E-state index in [0.29, 0.717) is 0 Å². The fourth-order valence-corrected chi connectivity index (χ4v) is 3.63. The number of rotatable bonds is 6. The lowest BCUT2D eigenvalue weighted by molar-refractivity contribution is 0.416. The van der Waals surface area contributed by atoms with Crippen LogP contribution >= 0.6 is 0 Å². The molecule has 0 fully saturated rings. The number of hydrogen-bond donors (Lipinski definition) is 2. The van der Waals surface area contributed by atoms with Crippen molar-refractivity contribution in [1.29, 1.82) is 0 Å². The number of methoxy groups -OCH3 is 2. The van der Waals surface area contributed by atoms with Gasteiger partial charge in [0.25, 0.3) is 0 Å². The SMILES string of the molecule is COc1ccccc1-c1cc(-c2cccc(-c3cc(-c4ccccc4OC)n[nH]3)n2)[nH]n1. The third kappa shape index (κ3) is 3.60. The first kappa shape index (κ1) is 19.6. The van der Waals surface area contributed by atoms with E-state index in [1.807, 2.05) is 78.9 Å². The van der Waals surface area contributed by atoms with E-state index in [0.717, 1.165) is 56.8 Å². The summed E-state index contributed by atoms with van der Waals surface area (Å²) in [5, 5.41) is 15.1. The molecule has 2 N–H and O–H groups in total.